The number of carbonyl (C=O) groups is 6. The number of alkyl halides is 3. The van der Waals surface area contributed by atoms with Crippen molar-refractivity contribution >= 4 is 35.6 Å². The molecule has 3 amide bonds. The summed E-state index contributed by atoms with van der Waals surface area (Å²) in [6, 6.07) is -2.59. The fourth-order valence-corrected chi connectivity index (χ4v) is 5.29. The number of likely N-dealkylation sites (N-methyl/N-ethyl adjacent to an activating group) is 1. The normalized spacial score (nSPS) is 17.3. The Balaban J connectivity index is 0.00000123. The molecule has 2 atom stereocenters. The number of hydrogen-bond donors (Lipinski definition) is 6. The van der Waals surface area contributed by atoms with Crippen LogP contribution in [0.25, 0.3) is 0 Å². The second-order valence-corrected chi connectivity index (χ2v) is 11.2. The van der Waals surface area contributed by atoms with Gasteiger partial charge in [0.1, 0.15) is 12.1 Å². The zero-order chi connectivity index (χ0) is 33.3. The number of hydrogen-bond acceptors (Lipinski definition) is 7. The average Bonchev–Trinajstić information content (AvgIpc) is 2.95. The number of nitrogens with zero attached hydrogens (tertiary/aromatic N) is 1. The number of nitrogens with one attached hydrogen (secondary N) is 3. The number of rotatable bonds is 15. The van der Waals surface area contributed by atoms with Gasteiger partial charge in [-0.3, -0.25) is 19.2 Å². The minimum atomic E-state index is -5.08. The van der Waals surface area contributed by atoms with Gasteiger partial charge in [-0.15, -0.1) is 0 Å². The van der Waals surface area contributed by atoms with Gasteiger partial charge in [-0.1, -0.05) is 32.1 Å². The first-order chi connectivity index (χ1) is 20.6. The standard InChI is InChI=1S/C26H44N4O7.C2HF3O2/c1-2-30(23(32)10-6-9-18-11-13-27-14-12-18)17-22(31)28-20(16-24(33)34)25(35)29-21(26(36)37)15-19-7-4-3-5-8-19;3-2(4,5)1(6)7/h18-21,27H,2-17H2,1H3,(H,28,31)(H,29,35)(H,33,34)(H,36,37);(H,6,7)/t20-,21-;/m0./s1. The molecule has 2 rings (SSSR count). The van der Waals surface area contributed by atoms with E-state index in [2.05, 4.69) is 16.0 Å². The molecule has 0 radical (unpaired) electrons. The molecule has 1 heterocycles. The average molecular weight is 639 g/mol. The van der Waals surface area contributed by atoms with Gasteiger partial charge in [0.2, 0.25) is 17.7 Å². The van der Waals surface area contributed by atoms with Crippen LogP contribution in [-0.2, 0) is 28.8 Å². The Labute approximate surface area is 254 Å². The van der Waals surface area contributed by atoms with Crippen LogP contribution in [0.4, 0.5) is 13.2 Å². The first-order valence-electron chi connectivity index (χ1n) is 15.0. The molecule has 44 heavy (non-hydrogen) atoms. The summed E-state index contributed by atoms with van der Waals surface area (Å²) in [6.45, 7) is 3.76. The fourth-order valence-electron chi connectivity index (χ4n) is 5.29. The third kappa shape index (κ3) is 15.9. The number of carboxylic acids is 3. The van der Waals surface area contributed by atoms with E-state index in [1.54, 1.807) is 6.92 Å². The first-order valence-corrected chi connectivity index (χ1v) is 15.0. The van der Waals surface area contributed by atoms with Gasteiger partial charge in [-0.2, -0.15) is 13.2 Å². The molecule has 2 aliphatic rings. The molecule has 2 fully saturated rings. The monoisotopic (exact) mass is 638 g/mol. The minimum absolute atomic E-state index is 0.163. The van der Waals surface area contributed by atoms with Gasteiger partial charge in [-0.25, -0.2) is 9.59 Å². The van der Waals surface area contributed by atoms with E-state index in [0.717, 1.165) is 70.9 Å². The summed E-state index contributed by atoms with van der Waals surface area (Å²) in [6.07, 6.45) is 3.67. The van der Waals surface area contributed by atoms with Crippen molar-refractivity contribution < 1.29 is 57.3 Å². The quantitative estimate of drug-likeness (QED) is 0.154. The summed E-state index contributed by atoms with van der Waals surface area (Å²) in [4.78, 5) is 71.5. The van der Waals surface area contributed by atoms with Gasteiger partial charge in [0, 0.05) is 13.0 Å². The Morgan fingerprint density at radius 3 is 1.98 bits per heavy atom. The lowest BCUT2D eigenvalue weighted by Crippen LogP contribution is -2.54. The van der Waals surface area contributed by atoms with Crippen LogP contribution in [0.5, 0.6) is 0 Å². The number of carbonyl (C=O) groups excluding carboxylic acids is 3. The molecule has 1 aliphatic carbocycles. The molecular formula is C28H45F3N4O9. The van der Waals surface area contributed by atoms with E-state index in [1.807, 2.05) is 0 Å². The third-order valence-corrected chi connectivity index (χ3v) is 7.71. The summed E-state index contributed by atoms with van der Waals surface area (Å²) in [5.41, 5.74) is 0. The Kier molecular flexibility index (Phi) is 17.3. The van der Waals surface area contributed by atoms with Crippen LogP contribution in [0.15, 0.2) is 0 Å². The van der Waals surface area contributed by atoms with Crippen LogP contribution in [0.2, 0.25) is 0 Å². The zero-order valence-corrected chi connectivity index (χ0v) is 25.0. The molecule has 1 saturated heterocycles. The molecule has 0 bridgehead atoms. The highest BCUT2D eigenvalue weighted by atomic mass is 19.4. The number of amides is 3. The molecule has 0 aromatic rings. The van der Waals surface area contributed by atoms with Crippen molar-refractivity contribution in [3.8, 4) is 0 Å². The lowest BCUT2D eigenvalue weighted by atomic mass is 9.85. The number of aliphatic carboxylic acids is 3. The molecule has 1 saturated carbocycles. The number of carboxylic acid groups (broad SMARTS) is 3. The zero-order valence-electron chi connectivity index (χ0n) is 25.0. The maximum Gasteiger partial charge on any atom is 0.490 e. The minimum Gasteiger partial charge on any atom is -0.481 e. The highest BCUT2D eigenvalue weighted by Crippen LogP contribution is 2.27. The lowest BCUT2D eigenvalue weighted by molar-refractivity contribution is -0.192. The van der Waals surface area contributed by atoms with Crippen molar-refractivity contribution in [3.63, 3.8) is 0 Å². The van der Waals surface area contributed by atoms with Crippen molar-refractivity contribution in [2.24, 2.45) is 11.8 Å². The molecule has 6 N–H and O–H groups in total. The summed E-state index contributed by atoms with van der Waals surface area (Å²) in [5, 5.41) is 34.1. The second kappa shape index (κ2) is 19.8. The smallest absolute Gasteiger partial charge is 0.481 e. The molecule has 0 unspecified atom stereocenters. The van der Waals surface area contributed by atoms with Crippen LogP contribution >= 0.6 is 0 Å². The highest BCUT2D eigenvalue weighted by molar-refractivity contribution is 5.94. The van der Waals surface area contributed by atoms with Crippen molar-refractivity contribution in [1.82, 2.24) is 20.9 Å². The summed E-state index contributed by atoms with van der Waals surface area (Å²) < 4.78 is 31.7. The Morgan fingerprint density at radius 1 is 0.886 bits per heavy atom. The van der Waals surface area contributed by atoms with Crippen LogP contribution in [0, 0.1) is 11.8 Å². The lowest BCUT2D eigenvalue weighted by Gasteiger charge is -2.27. The fraction of sp³-hybridized carbons (Fsp3) is 0.786. The Bertz CT molecular complexity index is 969. The van der Waals surface area contributed by atoms with Gasteiger partial charge in [-0.05, 0) is 64.0 Å². The highest BCUT2D eigenvalue weighted by Gasteiger charge is 2.38. The molecule has 252 valence electrons. The van der Waals surface area contributed by atoms with Crippen LogP contribution in [0.1, 0.15) is 84.0 Å². The van der Waals surface area contributed by atoms with Gasteiger partial charge < -0.3 is 36.2 Å². The van der Waals surface area contributed by atoms with Gasteiger partial charge in [0.25, 0.3) is 0 Å². The maximum absolute atomic E-state index is 12.8. The maximum atomic E-state index is 12.8. The topological polar surface area (TPSA) is 202 Å². The third-order valence-electron chi connectivity index (χ3n) is 7.71. The summed E-state index contributed by atoms with van der Waals surface area (Å²) in [7, 11) is 0. The van der Waals surface area contributed by atoms with E-state index in [1.165, 1.54) is 4.90 Å². The molecule has 1 aliphatic heterocycles. The molecule has 0 aromatic carbocycles. The van der Waals surface area contributed by atoms with E-state index >= 15 is 0 Å². The van der Waals surface area contributed by atoms with E-state index in [-0.39, 0.29) is 24.8 Å². The van der Waals surface area contributed by atoms with Crippen molar-refractivity contribution in [1.29, 1.82) is 0 Å². The van der Waals surface area contributed by atoms with E-state index < -0.39 is 54.4 Å². The number of halogens is 3. The molecule has 0 spiro atoms. The van der Waals surface area contributed by atoms with E-state index in [9.17, 15) is 47.4 Å². The second-order valence-electron chi connectivity index (χ2n) is 11.2. The van der Waals surface area contributed by atoms with Gasteiger partial charge in [0.05, 0.1) is 13.0 Å². The molecule has 0 aromatic heterocycles. The van der Waals surface area contributed by atoms with Crippen molar-refractivity contribution in [2.75, 3.05) is 26.2 Å². The summed E-state index contributed by atoms with van der Waals surface area (Å²) in [5.74, 6) is -6.13. The Morgan fingerprint density at radius 2 is 1.48 bits per heavy atom. The largest absolute Gasteiger partial charge is 0.490 e. The Hall–Kier alpha value is -3.43. The number of piperidine rings is 1. The van der Waals surface area contributed by atoms with E-state index in [4.69, 9.17) is 9.90 Å². The van der Waals surface area contributed by atoms with Crippen LogP contribution in [0.3, 0.4) is 0 Å². The molecular weight excluding hydrogens is 593 g/mol. The van der Waals surface area contributed by atoms with E-state index in [0.29, 0.717) is 18.9 Å². The van der Waals surface area contributed by atoms with Gasteiger partial charge in [0.15, 0.2) is 0 Å². The first kappa shape index (κ1) is 38.6. The predicted molar refractivity (Wildman–Crippen MR) is 150 cm³/mol. The van der Waals surface area contributed by atoms with Crippen LogP contribution in [-0.4, -0.2) is 100 Å². The van der Waals surface area contributed by atoms with Crippen molar-refractivity contribution in [2.45, 2.75) is 102 Å². The predicted octanol–water partition coefficient (Wildman–Crippen LogP) is 2.14. The molecule has 16 heteroatoms. The van der Waals surface area contributed by atoms with Crippen LogP contribution < -0.4 is 16.0 Å². The van der Waals surface area contributed by atoms with Crippen molar-refractivity contribution in [3.05, 3.63) is 0 Å². The van der Waals surface area contributed by atoms with Gasteiger partial charge >= 0.3 is 24.1 Å². The SMILES string of the molecule is CCN(CC(=O)N[C@@H](CC(=O)O)C(=O)N[C@@H](CC1CCCCC1)C(=O)O)C(=O)CCCC1CCNCC1.O=C(O)C(F)(F)F. The molecule has 13 nitrogen and oxygen atoms in total. The summed E-state index contributed by atoms with van der Waals surface area (Å²) >= 11 is 0.